The lowest BCUT2D eigenvalue weighted by atomic mass is 10.2. The lowest BCUT2D eigenvalue weighted by Crippen LogP contribution is -2.06. The van der Waals surface area contributed by atoms with Crippen LogP contribution in [0.25, 0.3) is 0 Å². The van der Waals surface area contributed by atoms with E-state index in [0.717, 1.165) is 13.0 Å². The molecule has 0 saturated carbocycles. The molecule has 1 aromatic carbocycles. The maximum atomic E-state index is 11.4. The molecule has 0 spiro atoms. The van der Waals surface area contributed by atoms with E-state index in [-0.39, 0.29) is 12.6 Å². The van der Waals surface area contributed by atoms with Gasteiger partial charge in [-0.25, -0.2) is 4.79 Å². The van der Waals surface area contributed by atoms with E-state index in [1.807, 2.05) is 25.1 Å². The molecule has 80 valence electrons. The Morgan fingerprint density at radius 1 is 1.40 bits per heavy atom. The zero-order chi connectivity index (χ0) is 10.9. The first-order valence-electron chi connectivity index (χ1n) is 5.05. The van der Waals surface area contributed by atoms with Gasteiger partial charge in [-0.3, -0.25) is 4.99 Å². The predicted molar refractivity (Wildman–Crippen MR) is 60.4 cm³/mol. The lowest BCUT2D eigenvalue weighted by Gasteiger charge is -2.00. The van der Waals surface area contributed by atoms with Crippen LogP contribution in [0, 0.1) is 0 Å². The van der Waals surface area contributed by atoms with Gasteiger partial charge in [0.2, 0.25) is 0 Å². The Balaban J connectivity index is 2.31. The van der Waals surface area contributed by atoms with Crippen molar-refractivity contribution in [2.24, 2.45) is 4.99 Å². The minimum atomic E-state index is -0.307. The average Bonchev–Trinajstić information content (AvgIpc) is 2.30. The number of esters is 1. The van der Waals surface area contributed by atoms with Crippen LogP contribution in [-0.2, 0) is 4.74 Å². The molecule has 3 nitrogen and oxygen atoms in total. The second kappa shape index (κ2) is 6.76. The molecule has 1 aromatic rings. The monoisotopic (exact) mass is 205 g/mol. The van der Waals surface area contributed by atoms with Crippen molar-refractivity contribution >= 4 is 12.2 Å². The topological polar surface area (TPSA) is 38.7 Å². The van der Waals surface area contributed by atoms with E-state index < -0.39 is 0 Å². The zero-order valence-electron chi connectivity index (χ0n) is 8.85. The van der Waals surface area contributed by atoms with Crippen molar-refractivity contribution in [1.82, 2.24) is 0 Å². The third-order valence-corrected chi connectivity index (χ3v) is 1.78. The molecule has 3 heteroatoms. The molecule has 0 N–H and O–H groups in total. The molecule has 0 aliphatic rings. The average molecular weight is 205 g/mol. The number of aliphatic imine (C=N–C) groups is 1. The van der Waals surface area contributed by atoms with Crippen molar-refractivity contribution in [2.75, 3.05) is 13.2 Å². The van der Waals surface area contributed by atoms with Crippen LogP contribution >= 0.6 is 0 Å². The van der Waals surface area contributed by atoms with Gasteiger partial charge in [-0.1, -0.05) is 25.1 Å². The number of hydrogen-bond acceptors (Lipinski definition) is 3. The Morgan fingerprint density at radius 3 is 2.80 bits per heavy atom. The fourth-order valence-electron chi connectivity index (χ4n) is 1.04. The molecular formula is C12H15NO2. The Morgan fingerprint density at radius 2 is 2.13 bits per heavy atom. The van der Waals surface area contributed by atoms with Gasteiger partial charge in [0.05, 0.1) is 5.56 Å². The first-order chi connectivity index (χ1) is 7.34. The van der Waals surface area contributed by atoms with Crippen LogP contribution in [-0.4, -0.2) is 25.3 Å². The molecule has 0 bridgehead atoms. The van der Waals surface area contributed by atoms with Crippen LogP contribution in [0.4, 0.5) is 0 Å². The van der Waals surface area contributed by atoms with Gasteiger partial charge < -0.3 is 4.74 Å². The Hall–Kier alpha value is -1.64. The van der Waals surface area contributed by atoms with Crippen LogP contribution in [0.2, 0.25) is 0 Å². The molecule has 0 unspecified atom stereocenters. The number of nitrogens with zero attached hydrogens (tertiary/aromatic N) is 1. The van der Waals surface area contributed by atoms with E-state index in [1.54, 1.807) is 18.3 Å². The predicted octanol–water partition coefficient (Wildman–Crippen LogP) is 2.32. The van der Waals surface area contributed by atoms with E-state index in [9.17, 15) is 4.79 Å². The van der Waals surface area contributed by atoms with Gasteiger partial charge in [0.25, 0.3) is 0 Å². The van der Waals surface area contributed by atoms with Crippen molar-refractivity contribution in [3.05, 3.63) is 35.9 Å². The zero-order valence-corrected chi connectivity index (χ0v) is 8.85. The summed E-state index contributed by atoms with van der Waals surface area (Å²) in [4.78, 5) is 15.4. The second-order valence-electron chi connectivity index (χ2n) is 3.05. The van der Waals surface area contributed by atoms with Crippen molar-refractivity contribution < 1.29 is 9.53 Å². The van der Waals surface area contributed by atoms with Crippen molar-refractivity contribution in [1.29, 1.82) is 0 Å². The van der Waals surface area contributed by atoms with Gasteiger partial charge >= 0.3 is 5.97 Å². The van der Waals surface area contributed by atoms with Crippen LogP contribution in [0.3, 0.4) is 0 Å². The molecule has 15 heavy (non-hydrogen) atoms. The summed E-state index contributed by atoms with van der Waals surface area (Å²) in [5.74, 6) is -0.307. The van der Waals surface area contributed by atoms with Crippen LogP contribution in [0.15, 0.2) is 35.3 Å². The van der Waals surface area contributed by atoms with E-state index in [0.29, 0.717) is 5.56 Å². The third kappa shape index (κ3) is 4.40. The maximum absolute atomic E-state index is 11.4. The Kier molecular flexibility index (Phi) is 5.15. The second-order valence-corrected chi connectivity index (χ2v) is 3.05. The molecule has 0 aliphatic carbocycles. The Bertz CT molecular complexity index is 320. The highest BCUT2D eigenvalue weighted by molar-refractivity contribution is 5.90. The summed E-state index contributed by atoms with van der Waals surface area (Å²) < 4.78 is 4.99. The van der Waals surface area contributed by atoms with Gasteiger partial charge in [-0.05, 0) is 18.6 Å². The number of hydrogen-bond donors (Lipinski definition) is 0. The largest absolute Gasteiger partial charge is 0.456 e. The fraction of sp³-hybridized carbons (Fsp3) is 0.333. The summed E-state index contributed by atoms with van der Waals surface area (Å²) in [5, 5.41) is 0. The summed E-state index contributed by atoms with van der Waals surface area (Å²) in [6, 6.07) is 8.93. The van der Waals surface area contributed by atoms with Crippen LogP contribution in [0.1, 0.15) is 23.7 Å². The molecule has 0 atom stereocenters. The van der Waals surface area contributed by atoms with Crippen molar-refractivity contribution in [2.45, 2.75) is 13.3 Å². The normalized spacial score (nSPS) is 10.5. The SMILES string of the molecule is CCCN=CCOC(=O)c1ccccc1. The number of benzene rings is 1. The van der Waals surface area contributed by atoms with Crippen molar-refractivity contribution in [3.63, 3.8) is 0 Å². The van der Waals surface area contributed by atoms with E-state index in [1.165, 1.54) is 0 Å². The molecule has 0 heterocycles. The summed E-state index contributed by atoms with van der Waals surface area (Å²) in [5.41, 5.74) is 0.571. The summed E-state index contributed by atoms with van der Waals surface area (Å²) in [7, 11) is 0. The highest BCUT2D eigenvalue weighted by Gasteiger charge is 2.03. The van der Waals surface area contributed by atoms with Gasteiger partial charge in [0.1, 0.15) is 6.61 Å². The van der Waals surface area contributed by atoms with E-state index in [4.69, 9.17) is 4.74 Å². The van der Waals surface area contributed by atoms with Crippen LogP contribution in [0.5, 0.6) is 0 Å². The van der Waals surface area contributed by atoms with Gasteiger partial charge in [-0.2, -0.15) is 0 Å². The molecule has 0 fully saturated rings. The smallest absolute Gasteiger partial charge is 0.338 e. The van der Waals surface area contributed by atoms with E-state index >= 15 is 0 Å². The molecular weight excluding hydrogens is 190 g/mol. The lowest BCUT2D eigenvalue weighted by molar-refractivity contribution is 0.0567. The number of carbonyl (C=O) groups excluding carboxylic acids is 1. The van der Waals surface area contributed by atoms with Gasteiger partial charge in [0, 0.05) is 12.8 Å². The molecule has 0 aliphatic heterocycles. The Labute approximate surface area is 89.8 Å². The first kappa shape index (κ1) is 11.4. The molecule has 1 rings (SSSR count). The summed E-state index contributed by atoms with van der Waals surface area (Å²) >= 11 is 0. The molecule has 0 radical (unpaired) electrons. The quantitative estimate of drug-likeness (QED) is 0.546. The first-order valence-corrected chi connectivity index (χ1v) is 5.05. The summed E-state index contributed by atoms with van der Waals surface area (Å²) in [6.45, 7) is 3.07. The minimum Gasteiger partial charge on any atom is -0.456 e. The fourth-order valence-corrected chi connectivity index (χ4v) is 1.04. The van der Waals surface area contributed by atoms with Gasteiger partial charge in [-0.15, -0.1) is 0 Å². The van der Waals surface area contributed by atoms with Gasteiger partial charge in [0.15, 0.2) is 0 Å². The van der Waals surface area contributed by atoms with Crippen molar-refractivity contribution in [3.8, 4) is 0 Å². The molecule has 0 aromatic heterocycles. The minimum absolute atomic E-state index is 0.244. The molecule has 0 amide bonds. The third-order valence-electron chi connectivity index (χ3n) is 1.78. The number of ether oxygens (including phenoxy) is 1. The molecule has 0 saturated heterocycles. The highest BCUT2D eigenvalue weighted by atomic mass is 16.5. The standard InChI is InChI=1S/C12H15NO2/c1-2-8-13-9-10-15-12(14)11-6-4-3-5-7-11/h3-7,9H,2,8,10H2,1H3. The van der Waals surface area contributed by atoms with E-state index in [2.05, 4.69) is 4.99 Å². The number of rotatable bonds is 5. The maximum Gasteiger partial charge on any atom is 0.338 e. The van der Waals surface area contributed by atoms with Crippen LogP contribution < -0.4 is 0 Å². The number of carbonyl (C=O) groups is 1. The summed E-state index contributed by atoms with van der Waals surface area (Å²) in [6.07, 6.45) is 2.63. The highest BCUT2D eigenvalue weighted by Crippen LogP contribution is 2.00.